The largest absolute Gasteiger partial charge is 0.339 e. The third-order valence-electron chi connectivity index (χ3n) is 5.09. The number of piperazine rings is 1. The van der Waals surface area contributed by atoms with E-state index in [4.69, 9.17) is 0 Å². The van der Waals surface area contributed by atoms with Gasteiger partial charge in [0.2, 0.25) is 5.91 Å². The average molecular weight is 294 g/mol. The Bertz CT molecular complexity index is 350. The predicted octanol–water partition coefficient (Wildman–Crippen LogP) is 0.224. The molecule has 0 aromatic carbocycles. The topological polar surface area (TPSA) is 38.8 Å². The minimum Gasteiger partial charge on any atom is -0.339 e. The molecule has 0 aromatic heterocycles. The zero-order chi connectivity index (χ0) is 14.7. The Morgan fingerprint density at radius 2 is 1.86 bits per heavy atom. The van der Waals surface area contributed by atoms with Crippen LogP contribution >= 0.6 is 0 Å². The number of likely N-dealkylation sites (N-methyl/N-ethyl adjacent to an activating group) is 1. The second-order valence-corrected chi connectivity index (χ2v) is 7.11. The first-order valence-corrected chi connectivity index (χ1v) is 8.63. The molecule has 1 saturated carbocycles. The number of piperidine rings is 1. The van der Waals surface area contributed by atoms with Gasteiger partial charge in [-0.25, -0.2) is 0 Å². The lowest BCUT2D eigenvalue weighted by atomic mass is 9.98. The first kappa shape index (κ1) is 15.3. The lowest BCUT2D eigenvalue weighted by Gasteiger charge is -2.36. The molecule has 3 aliphatic rings. The highest BCUT2D eigenvalue weighted by Crippen LogP contribution is 2.21. The van der Waals surface area contributed by atoms with Crippen molar-refractivity contribution in [2.45, 2.75) is 31.7 Å². The quantitative estimate of drug-likeness (QED) is 0.787. The SMILES string of the molecule is CN1CCN(C(=O)CN2CCCC(CNC3CC3)C2)CC1. The molecular weight excluding hydrogens is 264 g/mol. The van der Waals surface area contributed by atoms with Crippen molar-refractivity contribution in [2.24, 2.45) is 5.92 Å². The normalized spacial score (nSPS) is 28.8. The number of nitrogens with one attached hydrogen (secondary N) is 1. The van der Waals surface area contributed by atoms with Gasteiger partial charge in [-0.1, -0.05) is 0 Å². The molecule has 3 rings (SSSR count). The lowest BCUT2D eigenvalue weighted by molar-refractivity contribution is -0.134. The van der Waals surface area contributed by atoms with Gasteiger partial charge in [0.1, 0.15) is 0 Å². The van der Waals surface area contributed by atoms with Crippen LogP contribution in [0.4, 0.5) is 0 Å². The van der Waals surface area contributed by atoms with Crippen molar-refractivity contribution in [2.75, 3.05) is 59.4 Å². The standard InChI is InChI=1S/C16H30N4O/c1-18-7-9-20(10-8-18)16(21)13-19-6-2-3-14(12-19)11-17-15-4-5-15/h14-15,17H,2-13H2,1H3. The van der Waals surface area contributed by atoms with E-state index in [0.29, 0.717) is 12.5 Å². The molecule has 1 unspecified atom stereocenters. The van der Waals surface area contributed by atoms with Gasteiger partial charge in [0.05, 0.1) is 6.54 Å². The minimum atomic E-state index is 0.332. The number of hydrogen-bond acceptors (Lipinski definition) is 4. The van der Waals surface area contributed by atoms with Crippen LogP contribution in [0.15, 0.2) is 0 Å². The van der Waals surface area contributed by atoms with Crippen molar-refractivity contribution in [1.82, 2.24) is 20.0 Å². The van der Waals surface area contributed by atoms with Crippen LogP contribution in [-0.2, 0) is 4.79 Å². The Hall–Kier alpha value is -0.650. The summed E-state index contributed by atoms with van der Waals surface area (Å²) < 4.78 is 0. The lowest BCUT2D eigenvalue weighted by Crippen LogP contribution is -2.51. The highest BCUT2D eigenvalue weighted by Gasteiger charge is 2.27. The molecule has 0 radical (unpaired) electrons. The van der Waals surface area contributed by atoms with E-state index < -0.39 is 0 Å². The number of likely N-dealkylation sites (tertiary alicyclic amines) is 1. The van der Waals surface area contributed by atoms with E-state index in [0.717, 1.165) is 57.8 Å². The van der Waals surface area contributed by atoms with Crippen LogP contribution in [0, 0.1) is 5.92 Å². The highest BCUT2D eigenvalue weighted by molar-refractivity contribution is 5.78. The number of carbonyl (C=O) groups is 1. The van der Waals surface area contributed by atoms with E-state index in [1.165, 1.54) is 25.7 Å². The average Bonchev–Trinajstić information content (AvgIpc) is 3.30. The van der Waals surface area contributed by atoms with Gasteiger partial charge in [-0.2, -0.15) is 0 Å². The fourth-order valence-corrected chi connectivity index (χ4v) is 3.43. The van der Waals surface area contributed by atoms with Crippen LogP contribution in [0.1, 0.15) is 25.7 Å². The molecule has 5 heteroatoms. The van der Waals surface area contributed by atoms with Gasteiger partial charge < -0.3 is 15.1 Å². The van der Waals surface area contributed by atoms with E-state index in [1.807, 2.05) is 4.90 Å². The van der Waals surface area contributed by atoms with E-state index in [1.54, 1.807) is 0 Å². The van der Waals surface area contributed by atoms with Gasteiger partial charge >= 0.3 is 0 Å². The van der Waals surface area contributed by atoms with Crippen LogP contribution < -0.4 is 5.32 Å². The molecule has 2 saturated heterocycles. The maximum absolute atomic E-state index is 12.4. The van der Waals surface area contributed by atoms with Gasteiger partial charge in [0, 0.05) is 38.8 Å². The molecule has 0 bridgehead atoms. The zero-order valence-corrected chi connectivity index (χ0v) is 13.4. The number of amides is 1. The maximum Gasteiger partial charge on any atom is 0.236 e. The van der Waals surface area contributed by atoms with Gasteiger partial charge in [0.15, 0.2) is 0 Å². The predicted molar refractivity (Wildman–Crippen MR) is 84.3 cm³/mol. The minimum absolute atomic E-state index is 0.332. The van der Waals surface area contributed by atoms with Gasteiger partial charge in [-0.3, -0.25) is 9.69 Å². The number of carbonyl (C=O) groups excluding carboxylic acids is 1. The van der Waals surface area contributed by atoms with Gasteiger partial charge in [-0.15, -0.1) is 0 Å². The fraction of sp³-hybridized carbons (Fsp3) is 0.938. The van der Waals surface area contributed by atoms with E-state index >= 15 is 0 Å². The Labute approximate surface area is 128 Å². The Kier molecular flexibility index (Phi) is 5.14. The van der Waals surface area contributed by atoms with E-state index in [-0.39, 0.29) is 0 Å². The molecule has 0 aromatic rings. The first-order chi connectivity index (χ1) is 10.2. The molecular formula is C16H30N4O. The van der Waals surface area contributed by atoms with Crippen LogP contribution in [0.25, 0.3) is 0 Å². The van der Waals surface area contributed by atoms with Crippen molar-refractivity contribution in [3.8, 4) is 0 Å². The molecule has 5 nitrogen and oxygen atoms in total. The van der Waals surface area contributed by atoms with Gasteiger partial charge in [0.25, 0.3) is 0 Å². The second-order valence-electron chi connectivity index (χ2n) is 7.11. The third kappa shape index (κ3) is 4.66. The summed E-state index contributed by atoms with van der Waals surface area (Å²) >= 11 is 0. The maximum atomic E-state index is 12.4. The summed E-state index contributed by atoms with van der Waals surface area (Å²) in [4.78, 5) is 19.1. The monoisotopic (exact) mass is 294 g/mol. The van der Waals surface area contributed by atoms with Crippen molar-refractivity contribution in [3.05, 3.63) is 0 Å². The Balaban J connectivity index is 1.39. The van der Waals surface area contributed by atoms with Gasteiger partial charge in [-0.05, 0) is 51.7 Å². The van der Waals surface area contributed by atoms with Crippen LogP contribution in [0.5, 0.6) is 0 Å². The molecule has 21 heavy (non-hydrogen) atoms. The van der Waals surface area contributed by atoms with Crippen molar-refractivity contribution in [1.29, 1.82) is 0 Å². The Morgan fingerprint density at radius 3 is 2.57 bits per heavy atom. The number of rotatable bonds is 5. The zero-order valence-electron chi connectivity index (χ0n) is 13.4. The van der Waals surface area contributed by atoms with E-state index in [2.05, 4.69) is 22.2 Å². The van der Waals surface area contributed by atoms with Crippen molar-refractivity contribution < 1.29 is 4.79 Å². The smallest absolute Gasteiger partial charge is 0.236 e. The second kappa shape index (κ2) is 7.07. The third-order valence-corrected chi connectivity index (χ3v) is 5.09. The van der Waals surface area contributed by atoms with Crippen LogP contribution in [0.3, 0.4) is 0 Å². The molecule has 0 spiro atoms. The number of hydrogen-bond donors (Lipinski definition) is 1. The molecule has 1 amide bonds. The number of nitrogens with zero attached hydrogens (tertiary/aromatic N) is 3. The summed E-state index contributed by atoms with van der Waals surface area (Å²) in [6, 6.07) is 0.798. The van der Waals surface area contributed by atoms with Crippen molar-refractivity contribution >= 4 is 5.91 Å². The molecule has 1 aliphatic carbocycles. The van der Waals surface area contributed by atoms with Crippen molar-refractivity contribution in [3.63, 3.8) is 0 Å². The molecule has 3 fully saturated rings. The van der Waals surface area contributed by atoms with Crippen LogP contribution in [-0.4, -0.2) is 86.1 Å². The summed E-state index contributed by atoms with van der Waals surface area (Å²) in [5.41, 5.74) is 0. The first-order valence-electron chi connectivity index (χ1n) is 8.63. The fourth-order valence-electron chi connectivity index (χ4n) is 3.43. The Morgan fingerprint density at radius 1 is 1.10 bits per heavy atom. The molecule has 2 heterocycles. The summed E-state index contributed by atoms with van der Waals surface area (Å²) in [5.74, 6) is 1.07. The summed E-state index contributed by atoms with van der Waals surface area (Å²) in [6.45, 7) is 7.79. The molecule has 1 N–H and O–H groups in total. The van der Waals surface area contributed by atoms with E-state index in [9.17, 15) is 4.79 Å². The van der Waals surface area contributed by atoms with Crippen LogP contribution in [0.2, 0.25) is 0 Å². The highest BCUT2D eigenvalue weighted by atomic mass is 16.2. The summed E-state index contributed by atoms with van der Waals surface area (Å²) in [5, 5.41) is 3.64. The molecule has 2 aliphatic heterocycles. The summed E-state index contributed by atoms with van der Waals surface area (Å²) in [6.07, 6.45) is 5.28. The summed E-state index contributed by atoms with van der Waals surface area (Å²) in [7, 11) is 2.13. The molecule has 1 atom stereocenters. The molecule has 120 valence electrons.